The third kappa shape index (κ3) is 70.3. The second-order valence-electron chi connectivity index (χ2n) is 25.6. The Morgan fingerprint density at radius 2 is 0.434 bits per heavy atom. The average Bonchev–Trinajstić information content (AvgIpc) is 3.49. The van der Waals surface area contributed by atoms with Crippen molar-refractivity contribution in [2.75, 3.05) is 13.2 Å². The molecule has 0 radical (unpaired) electrons. The predicted molar refractivity (Wildman–Crippen MR) is 362 cm³/mol. The molecule has 0 aliphatic carbocycles. The fourth-order valence-electron chi connectivity index (χ4n) is 11.5. The Kier molecular flexibility index (Phi) is 70.0. The smallest absolute Gasteiger partial charge is 0.306 e. The van der Waals surface area contributed by atoms with Crippen LogP contribution >= 0.6 is 0 Å². The van der Waals surface area contributed by atoms with E-state index in [1.54, 1.807) is 0 Å². The van der Waals surface area contributed by atoms with Crippen LogP contribution in [0.3, 0.4) is 0 Å². The lowest BCUT2D eigenvalue weighted by Crippen LogP contribution is -2.30. The number of esters is 3. The number of rotatable bonds is 70. The van der Waals surface area contributed by atoms with Gasteiger partial charge in [-0.1, -0.05) is 359 Å². The molecule has 6 nitrogen and oxygen atoms in total. The van der Waals surface area contributed by atoms with Gasteiger partial charge in [0.1, 0.15) is 13.2 Å². The molecule has 0 aliphatic heterocycles. The Hall–Kier alpha value is -2.37. The third-order valence-electron chi connectivity index (χ3n) is 17.1. The highest BCUT2D eigenvalue weighted by molar-refractivity contribution is 5.71. The molecular weight excluding hydrogens is 1020 g/mol. The highest BCUT2D eigenvalue weighted by Gasteiger charge is 2.20. The molecule has 0 saturated carbocycles. The largest absolute Gasteiger partial charge is 0.462 e. The summed E-state index contributed by atoms with van der Waals surface area (Å²) in [4.78, 5) is 38.4. The molecule has 0 saturated heterocycles. The van der Waals surface area contributed by atoms with E-state index in [0.717, 1.165) is 77.0 Å². The number of allylic oxidation sites excluding steroid dienone is 6. The average molecular weight is 1170 g/mol. The summed E-state index contributed by atoms with van der Waals surface area (Å²) < 4.78 is 17.0. The molecule has 0 aromatic carbocycles. The van der Waals surface area contributed by atoms with Crippen molar-refractivity contribution in [2.45, 2.75) is 425 Å². The zero-order valence-corrected chi connectivity index (χ0v) is 56.2. The Balaban J connectivity index is 4.12. The normalized spacial score (nSPS) is 12.2. The van der Waals surface area contributed by atoms with E-state index in [-0.39, 0.29) is 31.1 Å². The summed E-state index contributed by atoms with van der Waals surface area (Å²) in [5.74, 6) is -0.862. The van der Waals surface area contributed by atoms with Crippen LogP contribution in [0.15, 0.2) is 36.5 Å². The quantitative estimate of drug-likeness (QED) is 0.0261. The van der Waals surface area contributed by atoms with Gasteiger partial charge in [-0.05, 0) is 77.0 Å². The van der Waals surface area contributed by atoms with Gasteiger partial charge in [0.2, 0.25) is 0 Å². The second kappa shape index (κ2) is 72.1. The van der Waals surface area contributed by atoms with E-state index in [1.165, 1.54) is 302 Å². The van der Waals surface area contributed by atoms with Crippen molar-refractivity contribution in [3.63, 3.8) is 0 Å². The molecule has 0 spiro atoms. The van der Waals surface area contributed by atoms with Crippen LogP contribution in [-0.2, 0) is 28.6 Å². The van der Waals surface area contributed by atoms with Crippen molar-refractivity contribution in [2.24, 2.45) is 0 Å². The Bertz CT molecular complexity index is 1380. The maximum atomic E-state index is 12.9. The van der Waals surface area contributed by atoms with Crippen molar-refractivity contribution in [1.29, 1.82) is 0 Å². The molecule has 488 valence electrons. The number of carbonyl (C=O) groups excluding carboxylic acids is 3. The van der Waals surface area contributed by atoms with Crippen molar-refractivity contribution < 1.29 is 28.6 Å². The van der Waals surface area contributed by atoms with Gasteiger partial charge in [-0.15, -0.1) is 0 Å². The van der Waals surface area contributed by atoms with Crippen LogP contribution < -0.4 is 0 Å². The number of hydrogen-bond acceptors (Lipinski definition) is 6. The highest BCUT2D eigenvalue weighted by Crippen LogP contribution is 2.19. The summed E-state index contributed by atoms with van der Waals surface area (Å²) >= 11 is 0. The van der Waals surface area contributed by atoms with Crippen LogP contribution in [0.4, 0.5) is 0 Å². The maximum absolute atomic E-state index is 12.9. The highest BCUT2D eigenvalue weighted by atomic mass is 16.6. The Morgan fingerprint density at radius 3 is 0.687 bits per heavy atom. The molecule has 0 amide bonds. The first kappa shape index (κ1) is 80.6. The van der Waals surface area contributed by atoms with Crippen LogP contribution in [0.5, 0.6) is 0 Å². The lowest BCUT2D eigenvalue weighted by molar-refractivity contribution is -0.167. The zero-order valence-electron chi connectivity index (χ0n) is 56.2. The van der Waals surface area contributed by atoms with Gasteiger partial charge in [0, 0.05) is 19.3 Å². The maximum Gasteiger partial charge on any atom is 0.306 e. The Labute approximate surface area is 518 Å². The number of carbonyl (C=O) groups is 3. The van der Waals surface area contributed by atoms with E-state index in [2.05, 4.69) is 57.2 Å². The van der Waals surface area contributed by atoms with E-state index in [4.69, 9.17) is 14.2 Å². The van der Waals surface area contributed by atoms with Gasteiger partial charge in [0.15, 0.2) is 6.10 Å². The monoisotopic (exact) mass is 1170 g/mol. The molecular formula is C77H144O6. The summed E-state index contributed by atoms with van der Waals surface area (Å²) in [6, 6.07) is 0. The lowest BCUT2D eigenvalue weighted by Gasteiger charge is -2.18. The van der Waals surface area contributed by atoms with Gasteiger partial charge < -0.3 is 14.2 Å². The fourth-order valence-corrected chi connectivity index (χ4v) is 11.5. The number of ether oxygens (including phenoxy) is 3. The molecule has 0 rings (SSSR count). The number of hydrogen-bond donors (Lipinski definition) is 0. The summed E-state index contributed by atoms with van der Waals surface area (Å²) in [6.45, 7) is 6.68. The van der Waals surface area contributed by atoms with E-state index in [1.807, 2.05) is 0 Å². The SMILES string of the molecule is CCCCCC/C=C\C/C=C\CCCCCCCCCC(=O)OC(COC(=O)CCCCCCC/C=C\CCCCCCC)COC(=O)CCCCCCCCCCCCCCCCCCCCCCCCCCCCCCCCCCC. The second-order valence-corrected chi connectivity index (χ2v) is 25.6. The van der Waals surface area contributed by atoms with Gasteiger partial charge in [-0.2, -0.15) is 0 Å². The topological polar surface area (TPSA) is 78.9 Å². The summed E-state index contributed by atoms with van der Waals surface area (Å²) in [5, 5.41) is 0. The minimum atomic E-state index is -0.779. The summed E-state index contributed by atoms with van der Waals surface area (Å²) in [7, 11) is 0. The van der Waals surface area contributed by atoms with Gasteiger partial charge >= 0.3 is 17.9 Å². The van der Waals surface area contributed by atoms with Gasteiger partial charge in [0.25, 0.3) is 0 Å². The van der Waals surface area contributed by atoms with Crippen molar-refractivity contribution in [1.82, 2.24) is 0 Å². The molecule has 0 bridgehead atoms. The first-order chi connectivity index (χ1) is 41.0. The lowest BCUT2D eigenvalue weighted by atomic mass is 10.0. The molecule has 1 atom stereocenters. The fraction of sp³-hybridized carbons (Fsp3) is 0.883. The number of unbranched alkanes of at least 4 members (excludes halogenated alkanes) is 53. The van der Waals surface area contributed by atoms with Crippen molar-refractivity contribution in [3.05, 3.63) is 36.5 Å². The van der Waals surface area contributed by atoms with E-state index in [9.17, 15) is 14.4 Å². The van der Waals surface area contributed by atoms with E-state index < -0.39 is 6.10 Å². The predicted octanol–water partition coefficient (Wildman–Crippen LogP) is 25.9. The molecule has 6 heteroatoms. The molecule has 0 N–H and O–H groups in total. The molecule has 0 aromatic rings. The minimum Gasteiger partial charge on any atom is -0.462 e. The van der Waals surface area contributed by atoms with E-state index >= 15 is 0 Å². The first-order valence-corrected chi connectivity index (χ1v) is 37.5. The standard InChI is InChI=1S/C77H144O6/c1-4-7-10-13-16-19-22-25-28-30-32-33-34-35-36-37-38-39-40-41-42-43-44-45-46-48-49-52-55-58-61-64-67-70-76(79)82-73-74(72-81-75(78)69-66-63-60-57-54-51-27-24-21-18-15-12-9-6-3)83-77(80)71-68-65-62-59-56-53-50-47-31-29-26-23-20-17-14-11-8-5-2/h20,23-24,27,29,31,74H,4-19,21-22,25-26,28,30,32-73H2,1-3H3/b23-20-,27-24-,31-29-. The van der Waals surface area contributed by atoms with Crippen molar-refractivity contribution >= 4 is 17.9 Å². The molecule has 0 heterocycles. The van der Waals surface area contributed by atoms with Gasteiger partial charge in [-0.3, -0.25) is 14.4 Å². The third-order valence-corrected chi connectivity index (χ3v) is 17.1. The zero-order chi connectivity index (χ0) is 59.9. The molecule has 0 aliphatic rings. The van der Waals surface area contributed by atoms with Crippen LogP contribution in [-0.4, -0.2) is 37.2 Å². The van der Waals surface area contributed by atoms with E-state index in [0.29, 0.717) is 19.3 Å². The minimum absolute atomic E-state index is 0.0736. The van der Waals surface area contributed by atoms with Crippen LogP contribution in [0, 0.1) is 0 Å². The molecule has 0 aromatic heterocycles. The summed E-state index contributed by atoms with van der Waals surface area (Å²) in [5.41, 5.74) is 0. The van der Waals surface area contributed by atoms with Crippen LogP contribution in [0.1, 0.15) is 419 Å². The molecule has 1 unspecified atom stereocenters. The molecule has 83 heavy (non-hydrogen) atoms. The molecule has 0 fully saturated rings. The first-order valence-electron chi connectivity index (χ1n) is 37.5. The van der Waals surface area contributed by atoms with Crippen LogP contribution in [0.2, 0.25) is 0 Å². The van der Waals surface area contributed by atoms with Crippen LogP contribution in [0.25, 0.3) is 0 Å². The summed E-state index contributed by atoms with van der Waals surface area (Å²) in [6.07, 6.45) is 90.6. The van der Waals surface area contributed by atoms with Gasteiger partial charge in [-0.25, -0.2) is 0 Å². The Morgan fingerprint density at radius 1 is 0.241 bits per heavy atom. The van der Waals surface area contributed by atoms with Gasteiger partial charge in [0.05, 0.1) is 0 Å². The van der Waals surface area contributed by atoms with Crippen molar-refractivity contribution in [3.8, 4) is 0 Å².